The van der Waals surface area contributed by atoms with Crippen LogP contribution in [0.4, 0.5) is 0 Å². The van der Waals surface area contributed by atoms with Crippen LogP contribution in [-0.2, 0) is 16.6 Å². The zero-order valence-electron chi connectivity index (χ0n) is 9.55. The standard InChI is InChI=1S/C11H17NO3S2/c13-7-10-5-11(8-16-10)17(14,15)12-6-9-3-1-2-4-9/h5,8-9,12-13H,1-4,6-7H2. The van der Waals surface area contributed by atoms with Gasteiger partial charge in [0.05, 0.1) is 11.5 Å². The third-order valence-corrected chi connectivity index (χ3v) is 5.61. The molecule has 1 aliphatic carbocycles. The highest BCUT2D eigenvalue weighted by molar-refractivity contribution is 7.89. The molecule has 0 aromatic carbocycles. The second kappa shape index (κ2) is 5.48. The summed E-state index contributed by atoms with van der Waals surface area (Å²) in [4.78, 5) is 0.941. The smallest absolute Gasteiger partial charge is 0.241 e. The van der Waals surface area contributed by atoms with Crippen molar-refractivity contribution in [1.82, 2.24) is 4.72 Å². The maximum atomic E-state index is 11.9. The predicted molar refractivity (Wildman–Crippen MR) is 67.4 cm³/mol. The molecule has 4 nitrogen and oxygen atoms in total. The Morgan fingerprint density at radius 2 is 2.12 bits per heavy atom. The van der Waals surface area contributed by atoms with E-state index in [4.69, 9.17) is 5.11 Å². The summed E-state index contributed by atoms with van der Waals surface area (Å²) in [6.45, 7) is 0.426. The summed E-state index contributed by atoms with van der Waals surface area (Å²) in [6.07, 6.45) is 4.65. The molecule has 96 valence electrons. The second-order valence-corrected chi connectivity index (χ2v) is 7.17. The molecule has 0 saturated heterocycles. The topological polar surface area (TPSA) is 66.4 Å². The van der Waals surface area contributed by atoms with Gasteiger partial charge in [0, 0.05) is 16.8 Å². The number of aliphatic hydroxyl groups is 1. The Morgan fingerprint density at radius 1 is 1.41 bits per heavy atom. The summed E-state index contributed by atoms with van der Waals surface area (Å²) in [5.41, 5.74) is 0. The number of aliphatic hydroxyl groups excluding tert-OH is 1. The Labute approximate surface area is 106 Å². The first kappa shape index (κ1) is 13.0. The number of hydrogen-bond acceptors (Lipinski definition) is 4. The van der Waals surface area contributed by atoms with Crippen LogP contribution in [0, 0.1) is 5.92 Å². The summed E-state index contributed by atoms with van der Waals surface area (Å²) in [7, 11) is -3.39. The van der Waals surface area contributed by atoms with Gasteiger partial charge in [-0.25, -0.2) is 13.1 Å². The van der Waals surface area contributed by atoms with Gasteiger partial charge in [-0.3, -0.25) is 0 Å². The first-order valence-corrected chi connectivity index (χ1v) is 8.16. The Morgan fingerprint density at radius 3 is 2.71 bits per heavy atom. The van der Waals surface area contributed by atoms with Gasteiger partial charge in [-0.15, -0.1) is 11.3 Å². The van der Waals surface area contributed by atoms with E-state index in [0.29, 0.717) is 17.3 Å². The van der Waals surface area contributed by atoms with Gasteiger partial charge in [-0.1, -0.05) is 12.8 Å². The van der Waals surface area contributed by atoms with Crippen LogP contribution in [0.5, 0.6) is 0 Å². The van der Waals surface area contributed by atoms with E-state index in [2.05, 4.69) is 4.72 Å². The Balaban J connectivity index is 1.97. The van der Waals surface area contributed by atoms with Gasteiger partial charge in [0.1, 0.15) is 0 Å². The van der Waals surface area contributed by atoms with Crippen LogP contribution in [0.25, 0.3) is 0 Å². The fourth-order valence-electron chi connectivity index (χ4n) is 2.11. The molecule has 1 saturated carbocycles. The van der Waals surface area contributed by atoms with Crippen LogP contribution in [0.3, 0.4) is 0 Å². The van der Waals surface area contributed by atoms with Crippen LogP contribution in [-0.4, -0.2) is 20.1 Å². The molecule has 0 bridgehead atoms. The monoisotopic (exact) mass is 275 g/mol. The maximum Gasteiger partial charge on any atom is 0.241 e. The van der Waals surface area contributed by atoms with Crippen molar-refractivity contribution < 1.29 is 13.5 Å². The summed E-state index contributed by atoms with van der Waals surface area (Å²) >= 11 is 1.27. The molecule has 0 aliphatic heterocycles. The highest BCUT2D eigenvalue weighted by Gasteiger charge is 2.20. The first-order valence-electron chi connectivity index (χ1n) is 5.80. The fraction of sp³-hybridized carbons (Fsp3) is 0.636. The molecule has 6 heteroatoms. The van der Waals surface area contributed by atoms with Gasteiger partial charge >= 0.3 is 0 Å². The number of sulfonamides is 1. The SMILES string of the molecule is O=S(=O)(NCC1CCCC1)c1csc(CO)c1. The molecule has 1 heterocycles. The summed E-state index contributed by atoms with van der Waals surface area (Å²) in [5, 5.41) is 10.5. The normalized spacial score (nSPS) is 17.7. The molecule has 0 amide bonds. The first-order chi connectivity index (χ1) is 8.12. The molecule has 2 N–H and O–H groups in total. The summed E-state index contributed by atoms with van der Waals surface area (Å²) in [5.74, 6) is 0.487. The number of thiophene rings is 1. The van der Waals surface area contributed by atoms with E-state index in [9.17, 15) is 8.42 Å². The average molecular weight is 275 g/mol. The van der Waals surface area contributed by atoms with E-state index >= 15 is 0 Å². The third kappa shape index (κ3) is 3.28. The molecule has 1 fully saturated rings. The van der Waals surface area contributed by atoms with Crippen LogP contribution in [0.2, 0.25) is 0 Å². The van der Waals surface area contributed by atoms with E-state index in [1.54, 1.807) is 5.38 Å². The fourth-order valence-corrected chi connectivity index (χ4v) is 4.36. The minimum atomic E-state index is -3.39. The van der Waals surface area contributed by atoms with Gasteiger partial charge in [-0.05, 0) is 24.8 Å². The lowest BCUT2D eigenvalue weighted by molar-refractivity contribution is 0.285. The zero-order chi connectivity index (χ0) is 12.3. The molecule has 0 radical (unpaired) electrons. The minimum Gasteiger partial charge on any atom is -0.391 e. The van der Waals surface area contributed by atoms with Gasteiger partial charge < -0.3 is 5.11 Å². The lowest BCUT2D eigenvalue weighted by atomic mass is 10.1. The molecular weight excluding hydrogens is 258 g/mol. The van der Waals surface area contributed by atoms with Crippen LogP contribution >= 0.6 is 11.3 Å². The van der Waals surface area contributed by atoms with Crippen molar-refractivity contribution in [2.45, 2.75) is 37.2 Å². The number of hydrogen-bond donors (Lipinski definition) is 2. The van der Waals surface area contributed by atoms with E-state index in [0.717, 1.165) is 12.8 Å². The Kier molecular flexibility index (Phi) is 4.19. The lowest BCUT2D eigenvalue weighted by Gasteiger charge is -2.10. The molecule has 2 rings (SSSR count). The van der Waals surface area contributed by atoms with Gasteiger partial charge in [0.15, 0.2) is 0 Å². The van der Waals surface area contributed by atoms with Crippen molar-refractivity contribution in [2.75, 3.05) is 6.54 Å². The van der Waals surface area contributed by atoms with Crippen molar-refractivity contribution in [3.63, 3.8) is 0 Å². The second-order valence-electron chi connectivity index (χ2n) is 4.41. The molecule has 0 spiro atoms. The quantitative estimate of drug-likeness (QED) is 0.859. The zero-order valence-corrected chi connectivity index (χ0v) is 11.2. The van der Waals surface area contributed by atoms with Gasteiger partial charge in [0.2, 0.25) is 10.0 Å². The highest BCUT2D eigenvalue weighted by Crippen LogP contribution is 2.25. The van der Waals surface area contributed by atoms with Crippen molar-refractivity contribution in [1.29, 1.82) is 0 Å². The molecule has 0 atom stereocenters. The minimum absolute atomic E-state index is 0.108. The van der Waals surface area contributed by atoms with Crippen molar-refractivity contribution in [3.8, 4) is 0 Å². The summed E-state index contributed by atoms with van der Waals surface area (Å²) in [6, 6.07) is 1.53. The van der Waals surface area contributed by atoms with E-state index < -0.39 is 10.0 Å². The largest absolute Gasteiger partial charge is 0.391 e. The Hall–Kier alpha value is -0.430. The molecule has 17 heavy (non-hydrogen) atoms. The van der Waals surface area contributed by atoms with Crippen LogP contribution in [0.15, 0.2) is 16.3 Å². The number of nitrogens with one attached hydrogen (secondary N) is 1. The van der Waals surface area contributed by atoms with E-state index in [-0.39, 0.29) is 11.5 Å². The molecular formula is C11H17NO3S2. The predicted octanol–water partition coefficient (Wildman–Crippen LogP) is 1.71. The van der Waals surface area contributed by atoms with Crippen molar-refractivity contribution >= 4 is 21.4 Å². The Bertz CT molecular complexity index is 461. The van der Waals surface area contributed by atoms with Crippen molar-refractivity contribution in [3.05, 3.63) is 16.3 Å². The summed E-state index contributed by atoms with van der Waals surface area (Å²) < 4.78 is 26.5. The average Bonchev–Trinajstić information content (AvgIpc) is 2.98. The molecule has 0 unspecified atom stereocenters. The molecule has 1 aliphatic rings. The molecule has 1 aromatic rings. The highest BCUT2D eigenvalue weighted by atomic mass is 32.2. The van der Waals surface area contributed by atoms with Gasteiger partial charge in [0.25, 0.3) is 0 Å². The molecule has 1 aromatic heterocycles. The third-order valence-electron chi connectivity index (χ3n) is 3.13. The maximum absolute atomic E-state index is 11.9. The van der Waals surface area contributed by atoms with Gasteiger partial charge in [-0.2, -0.15) is 0 Å². The van der Waals surface area contributed by atoms with E-state index in [1.165, 1.54) is 30.2 Å². The lowest BCUT2D eigenvalue weighted by Crippen LogP contribution is -2.28. The van der Waals surface area contributed by atoms with Crippen LogP contribution in [0.1, 0.15) is 30.6 Å². The van der Waals surface area contributed by atoms with Crippen LogP contribution < -0.4 is 4.72 Å². The van der Waals surface area contributed by atoms with Crippen molar-refractivity contribution in [2.24, 2.45) is 5.92 Å². The van der Waals surface area contributed by atoms with E-state index in [1.807, 2.05) is 0 Å². The number of rotatable bonds is 5.